The fourth-order valence-corrected chi connectivity index (χ4v) is 3.58. The average molecular weight is 429 g/mol. The van der Waals surface area contributed by atoms with Crippen LogP contribution in [0.2, 0.25) is 0 Å². The van der Waals surface area contributed by atoms with Gasteiger partial charge >= 0.3 is 29.6 Å². The molecule has 0 aliphatic rings. The third-order valence-corrected chi connectivity index (χ3v) is 5.51. The molecule has 0 aliphatic carbocycles. The molecule has 0 amide bonds. The van der Waals surface area contributed by atoms with Gasteiger partial charge in [0.05, 0.1) is 4.90 Å². The van der Waals surface area contributed by atoms with Crippen LogP contribution in [0.5, 0.6) is 17.2 Å². The Labute approximate surface area is 196 Å². The molecule has 0 aliphatic heterocycles. The molecular formula is C22H29NaO5S. The van der Waals surface area contributed by atoms with Crippen molar-refractivity contribution in [3.63, 3.8) is 0 Å². The number of hydrogen-bond donors (Lipinski definition) is 1. The van der Waals surface area contributed by atoms with Gasteiger partial charge in [-0.05, 0) is 48.7 Å². The molecule has 0 saturated carbocycles. The minimum absolute atomic E-state index is 0. The maximum absolute atomic E-state index is 12.0. The number of aryl methyl sites for hydroxylation is 1. The van der Waals surface area contributed by atoms with Crippen LogP contribution in [0, 0.1) is 0 Å². The Morgan fingerprint density at radius 3 is 2.21 bits per heavy atom. The summed E-state index contributed by atoms with van der Waals surface area (Å²) in [7, 11) is -4.40. The Morgan fingerprint density at radius 1 is 0.931 bits per heavy atom. The summed E-state index contributed by atoms with van der Waals surface area (Å²) in [6.45, 7) is 2.23. The van der Waals surface area contributed by atoms with E-state index in [1.165, 1.54) is 51.0 Å². The maximum atomic E-state index is 12.0. The fourth-order valence-electron chi connectivity index (χ4n) is 3.09. The van der Waals surface area contributed by atoms with Crippen LogP contribution in [-0.2, 0) is 16.5 Å². The van der Waals surface area contributed by atoms with Crippen LogP contribution >= 0.6 is 0 Å². The number of rotatable bonds is 12. The van der Waals surface area contributed by atoms with Gasteiger partial charge in [0, 0.05) is 0 Å². The number of hydrogen-bond acceptors (Lipinski definition) is 4. The monoisotopic (exact) mass is 428 g/mol. The SMILES string of the molecule is CCCCCCCCCCc1cccc(Oc2ccc(S(=O)(=O)O)cc2[O-])c1.[Na+]. The predicted octanol–water partition coefficient (Wildman–Crippen LogP) is 2.49. The van der Waals surface area contributed by atoms with E-state index >= 15 is 0 Å². The van der Waals surface area contributed by atoms with Crippen molar-refractivity contribution in [2.45, 2.75) is 69.6 Å². The first-order chi connectivity index (χ1) is 13.4. The summed E-state index contributed by atoms with van der Waals surface area (Å²) in [4.78, 5) is -0.437. The van der Waals surface area contributed by atoms with E-state index in [2.05, 4.69) is 6.92 Å². The first-order valence-electron chi connectivity index (χ1n) is 9.95. The molecular weight excluding hydrogens is 399 g/mol. The van der Waals surface area contributed by atoms with Gasteiger partial charge in [-0.1, -0.05) is 69.8 Å². The number of benzene rings is 2. The summed E-state index contributed by atoms with van der Waals surface area (Å²) in [5.41, 5.74) is 1.14. The summed E-state index contributed by atoms with van der Waals surface area (Å²) in [6.07, 6.45) is 11.1. The van der Waals surface area contributed by atoms with E-state index in [4.69, 9.17) is 9.29 Å². The van der Waals surface area contributed by atoms with Gasteiger partial charge in [0.2, 0.25) is 0 Å². The van der Waals surface area contributed by atoms with Crippen molar-refractivity contribution in [3.8, 4) is 17.2 Å². The van der Waals surface area contributed by atoms with Gasteiger partial charge in [0.1, 0.15) is 11.5 Å². The van der Waals surface area contributed by atoms with Gasteiger partial charge in [-0.2, -0.15) is 8.42 Å². The van der Waals surface area contributed by atoms with E-state index in [-0.39, 0.29) is 35.3 Å². The summed E-state index contributed by atoms with van der Waals surface area (Å²) < 4.78 is 36.8. The van der Waals surface area contributed by atoms with Crippen molar-refractivity contribution in [3.05, 3.63) is 48.0 Å². The van der Waals surface area contributed by atoms with Crippen LogP contribution in [0.1, 0.15) is 63.9 Å². The molecule has 0 bridgehead atoms. The molecule has 154 valence electrons. The molecule has 0 aromatic heterocycles. The van der Waals surface area contributed by atoms with Crippen LogP contribution in [0.15, 0.2) is 47.4 Å². The molecule has 29 heavy (non-hydrogen) atoms. The molecule has 5 nitrogen and oxygen atoms in total. The molecule has 0 radical (unpaired) electrons. The van der Waals surface area contributed by atoms with Crippen molar-refractivity contribution in [1.82, 2.24) is 0 Å². The molecule has 1 N–H and O–H groups in total. The molecule has 0 unspecified atom stereocenters. The van der Waals surface area contributed by atoms with Crippen LogP contribution in [0.3, 0.4) is 0 Å². The molecule has 7 heteroatoms. The zero-order valence-corrected chi connectivity index (χ0v) is 20.2. The van der Waals surface area contributed by atoms with Crippen LogP contribution in [0.25, 0.3) is 0 Å². The second-order valence-electron chi connectivity index (χ2n) is 7.06. The Hall–Kier alpha value is -1.05. The quantitative estimate of drug-likeness (QED) is 0.319. The van der Waals surface area contributed by atoms with Gasteiger partial charge < -0.3 is 9.84 Å². The average Bonchev–Trinajstić information content (AvgIpc) is 2.65. The van der Waals surface area contributed by atoms with Gasteiger partial charge in [-0.15, -0.1) is 0 Å². The standard InChI is InChI=1S/C22H30O5S.Na/c1-2-3-4-5-6-7-8-9-11-18-12-10-13-19(16-18)27-22-15-14-20(17-21(22)23)28(24,25)26;/h10,12-17,23H,2-9,11H2,1H3,(H,24,25,26);/q;+1/p-1. The van der Waals surface area contributed by atoms with Crippen molar-refractivity contribution in [2.75, 3.05) is 0 Å². The van der Waals surface area contributed by atoms with Gasteiger partial charge in [0.15, 0.2) is 0 Å². The Balaban J connectivity index is 0.00000420. The smallest absolute Gasteiger partial charge is 0.870 e. The van der Waals surface area contributed by atoms with E-state index in [1.54, 1.807) is 6.07 Å². The second kappa shape index (κ2) is 13.3. The molecule has 0 fully saturated rings. The molecule has 2 rings (SSSR count). The largest absolute Gasteiger partial charge is 1.00 e. The zero-order chi connectivity index (χ0) is 20.4. The Morgan fingerprint density at radius 2 is 1.59 bits per heavy atom. The third-order valence-electron chi connectivity index (χ3n) is 4.66. The molecule has 0 saturated heterocycles. The van der Waals surface area contributed by atoms with Crippen molar-refractivity contribution in [1.29, 1.82) is 0 Å². The summed E-state index contributed by atoms with van der Waals surface area (Å²) >= 11 is 0. The molecule has 0 spiro atoms. The summed E-state index contributed by atoms with van der Waals surface area (Å²) in [5.74, 6) is -0.0333. The summed E-state index contributed by atoms with van der Waals surface area (Å²) in [6, 6.07) is 10.8. The van der Waals surface area contributed by atoms with Crippen molar-refractivity contribution < 1.29 is 52.4 Å². The summed E-state index contributed by atoms with van der Waals surface area (Å²) in [5, 5.41) is 12.0. The normalized spacial score (nSPS) is 11.1. The minimum Gasteiger partial charge on any atom is -0.870 e. The van der Waals surface area contributed by atoms with Gasteiger partial charge in [-0.3, -0.25) is 4.55 Å². The van der Waals surface area contributed by atoms with Crippen molar-refractivity contribution >= 4 is 10.1 Å². The van der Waals surface area contributed by atoms with Gasteiger partial charge in [-0.25, -0.2) is 0 Å². The predicted molar refractivity (Wildman–Crippen MR) is 109 cm³/mol. The van der Waals surface area contributed by atoms with E-state index < -0.39 is 20.8 Å². The third kappa shape index (κ3) is 9.53. The first-order valence-corrected chi connectivity index (χ1v) is 11.4. The molecule has 0 heterocycles. The van der Waals surface area contributed by atoms with Crippen LogP contribution in [0.4, 0.5) is 0 Å². The first kappa shape index (κ1) is 26.0. The van der Waals surface area contributed by atoms with Gasteiger partial charge in [0.25, 0.3) is 10.1 Å². The van der Waals surface area contributed by atoms with E-state index in [0.717, 1.165) is 30.5 Å². The van der Waals surface area contributed by atoms with E-state index in [0.29, 0.717) is 5.75 Å². The molecule has 0 atom stereocenters. The van der Waals surface area contributed by atoms with Crippen LogP contribution < -0.4 is 39.4 Å². The van der Waals surface area contributed by atoms with Crippen molar-refractivity contribution in [2.24, 2.45) is 0 Å². The zero-order valence-electron chi connectivity index (χ0n) is 17.4. The molecule has 2 aromatic rings. The Kier molecular flexibility index (Phi) is 11.9. The number of unbranched alkanes of at least 4 members (excludes halogenated alkanes) is 7. The molecule has 2 aromatic carbocycles. The minimum atomic E-state index is -4.40. The Bertz CT molecular complexity index is 852. The fraction of sp³-hybridized carbons (Fsp3) is 0.455. The number of ether oxygens (including phenoxy) is 1. The topological polar surface area (TPSA) is 86.7 Å². The van der Waals surface area contributed by atoms with E-state index in [1.807, 2.05) is 18.2 Å². The maximum Gasteiger partial charge on any atom is 1.00 e. The van der Waals surface area contributed by atoms with Crippen LogP contribution in [-0.4, -0.2) is 13.0 Å². The second-order valence-corrected chi connectivity index (χ2v) is 8.48. The van der Waals surface area contributed by atoms with E-state index in [9.17, 15) is 13.5 Å².